The molecule has 0 atom stereocenters. The molecule has 1 amide bonds. The van der Waals surface area contributed by atoms with Gasteiger partial charge in [0, 0.05) is 30.4 Å². The van der Waals surface area contributed by atoms with Crippen molar-refractivity contribution in [1.29, 1.82) is 0 Å². The van der Waals surface area contributed by atoms with Crippen LogP contribution in [0, 0.1) is 11.6 Å². The third kappa shape index (κ3) is 6.04. The van der Waals surface area contributed by atoms with Gasteiger partial charge >= 0.3 is 0 Å². The van der Waals surface area contributed by atoms with Crippen molar-refractivity contribution in [2.24, 2.45) is 0 Å². The Hall–Kier alpha value is -3.05. The fourth-order valence-corrected chi connectivity index (χ4v) is 7.75. The number of sulfone groups is 1. The number of thiophene rings is 1. The van der Waals surface area contributed by atoms with E-state index in [1.54, 1.807) is 36.3 Å². The lowest BCUT2D eigenvalue weighted by Crippen LogP contribution is -2.44. The average molecular weight is 633 g/mol. The zero-order valence-electron chi connectivity index (χ0n) is 23.4. The van der Waals surface area contributed by atoms with Crippen LogP contribution in [0.5, 0.6) is 5.75 Å². The highest BCUT2D eigenvalue weighted by molar-refractivity contribution is 7.90. The quantitative estimate of drug-likeness (QED) is 0.225. The van der Waals surface area contributed by atoms with Crippen LogP contribution in [0.3, 0.4) is 0 Å². The molecule has 11 heteroatoms. The first-order chi connectivity index (χ1) is 20.0. The predicted molar refractivity (Wildman–Crippen MR) is 163 cm³/mol. The number of nitrogens with zero attached hydrogens (tertiary/aromatic N) is 1. The van der Waals surface area contributed by atoms with Crippen LogP contribution in [0.4, 0.5) is 8.78 Å². The summed E-state index contributed by atoms with van der Waals surface area (Å²) in [5.41, 5.74) is 2.16. The second-order valence-electron chi connectivity index (χ2n) is 10.5. The minimum atomic E-state index is -3.41. The number of benzene rings is 3. The first kappa shape index (κ1) is 30.4. The van der Waals surface area contributed by atoms with Crippen molar-refractivity contribution in [3.63, 3.8) is 0 Å². The van der Waals surface area contributed by atoms with Gasteiger partial charge < -0.3 is 15.0 Å². The number of fused-ring (bicyclic) bond motifs is 1. The highest BCUT2D eigenvalue weighted by atomic mass is 35.5. The van der Waals surface area contributed by atoms with Gasteiger partial charge in [-0.2, -0.15) is 0 Å². The number of carbonyl (C=O) groups is 1. The van der Waals surface area contributed by atoms with Gasteiger partial charge in [0.25, 0.3) is 5.91 Å². The molecular weight excluding hydrogens is 602 g/mol. The largest absolute Gasteiger partial charge is 0.496 e. The van der Waals surface area contributed by atoms with E-state index in [1.807, 2.05) is 25.2 Å². The number of carbonyl (C=O) groups excluding carboxylic acids is 1. The van der Waals surface area contributed by atoms with Gasteiger partial charge in [-0.1, -0.05) is 29.8 Å². The Morgan fingerprint density at radius 3 is 2.38 bits per heavy atom. The molecule has 6 nitrogen and oxygen atoms in total. The van der Waals surface area contributed by atoms with Crippen LogP contribution >= 0.6 is 22.9 Å². The Labute approximate surface area is 253 Å². The number of amides is 1. The minimum absolute atomic E-state index is 0.00697. The monoisotopic (exact) mass is 632 g/mol. The first-order valence-corrected chi connectivity index (χ1v) is 16.6. The standard InChI is InChI=1S/C31H31ClF2N2O4S2/c1-35-21-8-10-22(11-9-21)36(31(37)30-28(32)27-24(33)12-13-25(34)29(27)41-30)17-20-15-19(7-14-26(20)40-2)18-5-4-6-23(16-18)42(3,38)39/h4-7,12-16,21-22,35H,8-11,17H2,1-3H3/t21-,22-. The summed E-state index contributed by atoms with van der Waals surface area (Å²) in [7, 11) is 0.0555. The summed E-state index contributed by atoms with van der Waals surface area (Å²) in [6, 6.07) is 14.4. The van der Waals surface area contributed by atoms with Crippen molar-refractivity contribution < 1.29 is 26.7 Å². The smallest absolute Gasteiger partial charge is 0.266 e. The third-order valence-electron chi connectivity index (χ3n) is 7.90. The van der Waals surface area contributed by atoms with Crippen LogP contribution in [0.2, 0.25) is 5.02 Å². The second-order valence-corrected chi connectivity index (χ2v) is 13.9. The molecule has 42 heavy (non-hydrogen) atoms. The van der Waals surface area contributed by atoms with Crippen molar-refractivity contribution in [1.82, 2.24) is 10.2 Å². The van der Waals surface area contributed by atoms with Gasteiger partial charge in [-0.25, -0.2) is 17.2 Å². The maximum atomic E-state index is 14.7. The molecule has 1 saturated carbocycles. The third-order valence-corrected chi connectivity index (χ3v) is 10.7. The molecule has 3 aromatic carbocycles. The Kier molecular flexibility index (Phi) is 8.89. The van der Waals surface area contributed by atoms with Gasteiger partial charge in [0.15, 0.2) is 9.84 Å². The zero-order chi connectivity index (χ0) is 30.2. The lowest BCUT2D eigenvalue weighted by Gasteiger charge is -2.37. The van der Waals surface area contributed by atoms with E-state index in [4.69, 9.17) is 16.3 Å². The highest BCUT2D eigenvalue weighted by Crippen LogP contribution is 2.40. The van der Waals surface area contributed by atoms with Crippen LogP contribution in [0.15, 0.2) is 59.5 Å². The van der Waals surface area contributed by atoms with E-state index in [1.165, 1.54) is 0 Å². The van der Waals surface area contributed by atoms with E-state index in [-0.39, 0.29) is 37.5 Å². The summed E-state index contributed by atoms with van der Waals surface area (Å²) in [4.78, 5) is 16.2. The zero-order valence-corrected chi connectivity index (χ0v) is 25.8. The summed E-state index contributed by atoms with van der Waals surface area (Å²) in [5, 5.41) is 3.12. The van der Waals surface area contributed by atoms with Crippen molar-refractivity contribution in [2.75, 3.05) is 20.4 Å². The van der Waals surface area contributed by atoms with E-state index in [9.17, 15) is 22.0 Å². The summed E-state index contributed by atoms with van der Waals surface area (Å²) in [5.74, 6) is -1.17. The Balaban J connectivity index is 1.57. The molecular formula is C31H31ClF2N2O4S2. The summed E-state index contributed by atoms with van der Waals surface area (Å²) >= 11 is 7.40. The van der Waals surface area contributed by atoms with Crippen molar-refractivity contribution in [3.8, 4) is 16.9 Å². The van der Waals surface area contributed by atoms with E-state index in [0.29, 0.717) is 22.9 Å². The summed E-state index contributed by atoms with van der Waals surface area (Å²) in [6.45, 7) is 0.159. The maximum Gasteiger partial charge on any atom is 0.266 e. The van der Waals surface area contributed by atoms with Gasteiger partial charge in [-0.3, -0.25) is 4.79 Å². The number of nitrogens with one attached hydrogen (secondary N) is 1. The Morgan fingerprint density at radius 2 is 1.74 bits per heavy atom. The van der Waals surface area contributed by atoms with E-state index < -0.39 is 27.4 Å². The normalized spacial score (nSPS) is 17.4. The van der Waals surface area contributed by atoms with Gasteiger partial charge in [-0.05, 0) is 80.3 Å². The molecule has 0 unspecified atom stereocenters. The Bertz CT molecular complexity index is 1750. The van der Waals surface area contributed by atoms with Crippen molar-refractivity contribution in [2.45, 2.75) is 49.2 Å². The fraction of sp³-hybridized carbons (Fsp3) is 0.323. The molecule has 1 aliphatic rings. The number of rotatable bonds is 8. The average Bonchev–Trinajstić information content (AvgIpc) is 3.35. The Morgan fingerprint density at radius 1 is 1.05 bits per heavy atom. The molecule has 4 aromatic rings. The molecule has 1 aromatic heterocycles. The minimum Gasteiger partial charge on any atom is -0.496 e. The molecule has 0 spiro atoms. The first-order valence-electron chi connectivity index (χ1n) is 13.5. The molecule has 222 valence electrons. The van der Waals surface area contributed by atoms with Gasteiger partial charge in [0.05, 0.1) is 27.1 Å². The van der Waals surface area contributed by atoms with E-state index >= 15 is 0 Å². The molecule has 1 aliphatic carbocycles. The molecule has 5 rings (SSSR count). The van der Waals surface area contributed by atoms with Crippen LogP contribution in [-0.4, -0.2) is 51.7 Å². The predicted octanol–water partition coefficient (Wildman–Crippen LogP) is 7.09. The molecule has 0 aliphatic heterocycles. The topological polar surface area (TPSA) is 75.7 Å². The molecule has 1 N–H and O–H groups in total. The van der Waals surface area contributed by atoms with Crippen LogP contribution in [-0.2, 0) is 16.4 Å². The fourth-order valence-electron chi connectivity index (χ4n) is 5.58. The van der Waals surface area contributed by atoms with Crippen molar-refractivity contribution in [3.05, 3.63) is 81.7 Å². The van der Waals surface area contributed by atoms with Gasteiger partial charge in [-0.15, -0.1) is 11.3 Å². The van der Waals surface area contributed by atoms with E-state index in [0.717, 1.165) is 61.0 Å². The van der Waals surface area contributed by atoms with Gasteiger partial charge in [0.2, 0.25) is 0 Å². The second kappa shape index (κ2) is 12.3. The number of halogens is 3. The molecule has 1 heterocycles. The van der Waals surface area contributed by atoms with Crippen LogP contribution in [0.1, 0.15) is 40.9 Å². The van der Waals surface area contributed by atoms with E-state index in [2.05, 4.69) is 5.32 Å². The molecule has 0 radical (unpaired) electrons. The SMILES string of the molecule is CN[C@H]1CC[C@H](N(Cc2cc(-c3cccc(S(C)(=O)=O)c3)ccc2OC)C(=O)c2sc3c(F)ccc(F)c3c2Cl)CC1. The lowest BCUT2D eigenvalue weighted by atomic mass is 9.89. The summed E-state index contributed by atoms with van der Waals surface area (Å²) < 4.78 is 59.3. The number of hydrogen-bond acceptors (Lipinski definition) is 6. The molecule has 1 fully saturated rings. The number of hydrogen-bond donors (Lipinski definition) is 1. The van der Waals surface area contributed by atoms with Gasteiger partial charge in [0.1, 0.15) is 22.3 Å². The highest BCUT2D eigenvalue weighted by Gasteiger charge is 2.33. The lowest BCUT2D eigenvalue weighted by molar-refractivity contribution is 0.0604. The van der Waals surface area contributed by atoms with Crippen LogP contribution in [0.25, 0.3) is 21.2 Å². The number of ether oxygens (including phenoxy) is 1. The molecule has 0 bridgehead atoms. The summed E-state index contributed by atoms with van der Waals surface area (Å²) in [6.07, 6.45) is 4.37. The van der Waals surface area contributed by atoms with Crippen LogP contribution < -0.4 is 10.1 Å². The van der Waals surface area contributed by atoms with Crippen molar-refractivity contribution >= 4 is 48.8 Å². The maximum absolute atomic E-state index is 14.7. The molecule has 0 saturated heterocycles. The number of methoxy groups -OCH3 is 1.